The number of aromatic nitrogens is 4. The van der Waals surface area contributed by atoms with Gasteiger partial charge in [0.25, 0.3) is 5.95 Å². The number of anilines is 2. The number of pyridine rings is 1. The van der Waals surface area contributed by atoms with Crippen LogP contribution in [0.15, 0.2) is 46.4 Å². The molecule has 0 saturated carbocycles. The van der Waals surface area contributed by atoms with Crippen molar-refractivity contribution in [3.63, 3.8) is 0 Å². The van der Waals surface area contributed by atoms with E-state index < -0.39 is 17.2 Å². The minimum Gasteiger partial charge on any atom is -0.487 e. The fraction of sp³-hybridized carbons (Fsp3) is 0.296. The number of nitrogens with zero attached hydrogens (tertiary/aromatic N) is 6. The summed E-state index contributed by atoms with van der Waals surface area (Å²) < 4.78 is 23.6. The van der Waals surface area contributed by atoms with E-state index in [1.54, 1.807) is 18.3 Å². The van der Waals surface area contributed by atoms with Crippen LogP contribution < -0.4 is 20.5 Å². The number of carboxylic acids is 1. The molecule has 1 fully saturated rings. The molecule has 40 heavy (non-hydrogen) atoms. The Hall–Kier alpha value is -4.78. The number of likely N-dealkylation sites (N-methyl/N-ethyl adjacent to an activating group) is 1. The predicted molar refractivity (Wildman–Crippen MR) is 148 cm³/mol. The molecular formula is C27H27FN8O4. The zero-order valence-corrected chi connectivity index (χ0v) is 21.9. The van der Waals surface area contributed by atoms with E-state index in [4.69, 9.17) is 9.84 Å². The lowest BCUT2D eigenvalue weighted by molar-refractivity contribution is 0.0697. The SMILES string of the molecule is CC1COc2c(N3CCN(C)CC3)c(F)cc3c(=O)c(-c4nc(N/N=C/c5ccc(C(=O)O)cc5)n[nH]4)cn1c23. The minimum absolute atomic E-state index is 0.0993. The third-order valence-electron chi connectivity index (χ3n) is 7.24. The summed E-state index contributed by atoms with van der Waals surface area (Å²) in [5.74, 6) is -0.770. The molecule has 2 aromatic carbocycles. The van der Waals surface area contributed by atoms with Gasteiger partial charge in [0.1, 0.15) is 12.3 Å². The Morgan fingerprint density at radius 3 is 2.73 bits per heavy atom. The Kier molecular flexibility index (Phi) is 6.42. The van der Waals surface area contributed by atoms with Crippen molar-refractivity contribution in [1.82, 2.24) is 24.6 Å². The molecule has 4 aromatic rings. The summed E-state index contributed by atoms with van der Waals surface area (Å²) in [6.45, 7) is 5.25. The number of benzene rings is 2. The summed E-state index contributed by atoms with van der Waals surface area (Å²) in [7, 11) is 2.04. The van der Waals surface area contributed by atoms with Gasteiger partial charge in [-0.25, -0.2) is 14.6 Å². The zero-order chi connectivity index (χ0) is 28.0. The molecule has 1 saturated heterocycles. The normalized spacial score (nSPS) is 17.4. The van der Waals surface area contributed by atoms with Gasteiger partial charge < -0.3 is 24.2 Å². The van der Waals surface area contributed by atoms with Crippen molar-refractivity contribution in [3.8, 4) is 17.1 Å². The van der Waals surface area contributed by atoms with Crippen LogP contribution in [0.1, 0.15) is 28.9 Å². The first-order valence-corrected chi connectivity index (χ1v) is 12.8. The molecule has 3 N–H and O–H groups in total. The number of rotatable bonds is 6. The summed E-state index contributed by atoms with van der Waals surface area (Å²) in [4.78, 5) is 33.1. The predicted octanol–water partition coefficient (Wildman–Crippen LogP) is 2.78. The lowest BCUT2D eigenvalue weighted by Crippen LogP contribution is -2.45. The minimum atomic E-state index is -1.01. The van der Waals surface area contributed by atoms with Crippen LogP contribution in [0.4, 0.5) is 16.0 Å². The van der Waals surface area contributed by atoms with Crippen LogP contribution in [-0.2, 0) is 0 Å². The third-order valence-corrected chi connectivity index (χ3v) is 7.24. The quantitative estimate of drug-likeness (QED) is 0.246. The molecule has 2 aliphatic heterocycles. The van der Waals surface area contributed by atoms with Gasteiger partial charge in [-0.1, -0.05) is 12.1 Å². The summed E-state index contributed by atoms with van der Waals surface area (Å²) in [6.07, 6.45) is 3.20. The number of hydrazone groups is 1. The first kappa shape index (κ1) is 25.5. The number of aromatic carboxylic acids is 1. The van der Waals surface area contributed by atoms with Gasteiger partial charge in [0.2, 0.25) is 5.43 Å². The van der Waals surface area contributed by atoms with Crippen LogP contribution in [0.5, 0.6) is 5.75 Å². The molecule has 1 atom stereocenters. The van der Waals surface area contributed by atoms with Crippen molar-refractivity contribution in [2.45, 2.75) is 13.0 Å². The van der Waals surface area contributed by atoms with Crippen LogP contribution in [0, 0.1) is 5.82 Å². The second-order valence-electron chi connectivity index (χ2n) is 9.97. The Bertz CT molecular complexity index is 1690. The second-order valence-corrected chi connectivity index (χ2v) is 9.97. The molecule has 2 aliphatic rings. The standard InChI is InChI=1S/C27H27FN8O4/c1-15-14-40-24-21-18(11-20(28)22(24)35-9-7-34(2)8-10-35)23(37)19(13-36(15)21)25-30-27(33-31-25)32-29-12-16-3-5-17(6-4-16)26(38)39/h3-6,11-13,15H,7-10,14H2,1-2H3,(H,38,39)(H2,30,31,32,33)/b29-12+. The van der Waals surface area contributed by atoms with Crippen LogP contribution in [0.25, 0.3) is 22.3 Å². The van der Waals surface area contributed by atoms with Crippen molar-refractivity contribution < 1.29 is 19.0 Å². The van der Waals surface area contributed by atoms with Crippen LogP contribution in [0.3, 0.4) is 0 Å². The highest BCUT2D eigenvalue weighted by atomic mass is 19.1. The molecule has 0 amide bonds. The van der Waals surface area contributed by atoms with Gasteiger partial charge in [0.15, 0.2) is 17.4 Å². The van der Waals surface area contributed by atoms with Crippen molar-refractivity contribution in [1.29, 1.82) is 0 Å². The number of H-pyrrole nitrogens is 1. The topological polar surface area (TPSA) is 141 Å². The monoisotopic (exact) mass is 546 g/mol. The molecule has 13 heteroatoms. The summed E-state index contributed by atoms with van der Waals surface area (Å²) in [5.41, 5.74) is 4.36. The number of nitrogens with one attached hydrogen (secondary N) is 2. The van der Waals surface area contributed by atoms with Crippen molar-refractivity contribution in [2.75, 3.05) is 50.2 Å². The van der Waals surface area contributed by atoms with E-state index in [1.165, 1.54) is 24.4 Å². The van der Waals surface area contributed by atoms with E-state index in [1.807, 2.05) is 23.4 Å². The molecule has 0 aliphatic carbocycles. The Morgan fingerprint density at radius 1 is 1.25 bits per heavy atom. The average molecular weight is 547 g/mol. The number of hydrogen-bond donors (Lipinski definition) is 3. The molecular weight excluding hydrogens is 519 g/mol. The van der Waals surface area contributed by atoms with E-state index in [0.29, 0.717) is 42.2 Å². The lowest BCUT2D eigenvalue weighted by atomic mass is 10.0. The smallest absolute Gasteiger partial charge is 0.335 e. The fourth-order valence-electron chi connectivity index (χ4n) is 5.01. The van der Waals surface area contributed by atoms with Gasteiger partial charge in [-0.3, -0.25) is 9.89 Å². The largest absolute Gasteiger partial charge is 0.487 e. The van der Waals surface area contributed by atoms with E-state index in [-0.39, 0.29) is 34.3 Å². The maximum absolute atomic E-state index is 15.6. The highest BCUT2D eigenvalue weighted by Crippen LogP contribution is 2.42. The Balaban J connectivity index is 1.32. The van der Waals surface area contributed by atoms with E-state index in [2.05, 4.69) is 30.6 Å². The Labute approximate surface area is 227 Å². The maximum Gasteiger partial charge on any atom is 0.335 e. The number of hydrogen-bond acceptors (Lipinski definition) is 9. The number of aromatic amines is 1. The Morgan fingerprint density at radius 2 is 2.00 bits per heavy atom. The molecule has 0 spiro atoms. The van der Waals surface area contributed by atoms with Crippen molar-refractivity contribution >= 4 is 34.7 Å². The van der Waals surface area contributed by atoms with Gasteiger partial charge in [0, 0.05) is 32.4 Å². The van der Waals surface area contributed by atoms with E-state index in [9.17, 15) is 9.59 Å². The van der Waals surface area contributed by atoms with Crippen LogP contribution in [-0.4, -0.2) is 81.8 Å². The molecule has 1 unspecified atom stereocenters. The van der Waals surface area contributed by atoms with Crippen LogP contribution in [0.2, 0.25) is 0 Å². The molecule has 2 aromatic heterocycles. The first-order valence-electron chi connectivity index (χ1n) is 12.8. The van der Waals surface area contributed by atoms with Crippen molar-refractivity contribution in [3.05, 3.63) is 63.7 Å². The van der Waals surface area contributed by atoms with Gasteiger partial charge in [-0.2, -0.15) is 10.1 Å². The van der Waals surface area contributed by atoms with Gasteiger partial charge in [0.05, 0.1) is 34.3 Å². The number of piperazine rings is 1. The van der Waals surface area contributed by atoms with E-state index >= 15 is 4.39 Å². The van der Waals surface area contributed by atoms with Gasteiger partial charge >= 0.3 is 5.97 Å². The molecule has 6 rings (SSSR count). The first-order chi connectivity index (χ1) is 19.3. The molecule has 4 heterocycles. The molecule has 12 nitrogen and oxygen atoms in total. The highest BCUT2D eigenvalue weighted by molar-refractivity contribution is 5.94. The number of halogens is 1. The van der Waals surface area contributed by atoms with Crippen LogP contribution >= 0.6 is 0 Å². The zero-order valence-electron chi connectivity index (χ0n) is 21.9. The van der Waals surface area contributed by atoms with Crippen molar-refractivity contribution in [2.24, 2.45) is 5.10 Å². The fourth-order valence-corrected chi connectivity index (χ4v) is 5.01. The number of carbonyl (C=O) groups is 1. The molecule has 0 radical (unpaired) electrons. The molecule has 206 valence electrons. The van der Waals surface area contributed by atoms with Gasteiger partial charge in [-0.05, 0) is 37.7 Å². The third kappa shape index (κ3) is 4.53. The molecule has 0 bridgehead atoms. The average Bonchev–Trinajstić information content (AvgIpc) is 3.41. The summed E-state index contributed by atoms with van der Waals surface area (Å²) in [5, 5.41) is 20.2. The second kappa shape index (κ2) is 10.1. The summed E-state index contributed by atoms with van der Waals surface area (Å²) in [6, 6.07) is 7.38. The highest BCUT2D eigenvalue weighted by Gasteiger charge is 2.30. The number of carboxylic acid groups (broad SMARTS) is 1. The maximum atomic E-state index is 15.6. The summed E-state index contributed by atoms with van der Waals surface area (Å²) >= 11 is 0. The number of ether oxygens (including phenoxy) is 1. The van der Waals surface area contributed by atoms with E-state index in [0.717, 1.165) is 13.1 Å². The van der Waals surface area contributed by atoms with Gasteiger partial charge in [-0.15, -0.1) is 5.10 Å². The lowest BCUT2D eigenvalue weighted by Gasteiger charge is -2.37.